The first-order valence-corrected chi connectivity index (χ1v) is 8.98. The lowest BCUT2D eigenvalue weighted by Gasteiger charge is -2.40. The molecule has 1 saturated carbocycles. The Labute approximate surface area is 142 Å². The number of nitrogens with zero attached hydrogens (tertiary/aromatic N) is 3. The second-order valence-corrected chi connectivity index (χ2v) is 7.47. The Bertz CT molecular complexity index is 784. The van der Waals surface area contributed by atoms with E-state index in [1.54, 1.807) is 0 Å². The number of aromatic nitrogens is 2. The number of hydrogen-bond acceptors (Lipinski definition) is 3. The Balaban J connectivity index is 1.60. The zero-order valence-electron chi connectivity index (χ0n) is 14.4. The maximum atomic E-state index is 12.9. The van der Waals surface area contributed by atoms with E-state index in [0.29, 0.717) is 18.2 Å². The molecule has 1 saturated heterocycles. The molecule has 4 rings (SSSR count). The van der Waals surface area contributed by atoms with E-state index in [-0.39, 0.29) is 11.8 Å². The first-order valence-electron chi connectivity index (χ1n) is 8.98. The predicted octanol–water partition coefficient (Wildman–Crippen LogP) is 2.66. The highest BCUT2D eigenvalue weighted by atomic mass is 16.3. The predicted molar refractivity (Wildman–Crippen MR) is 91.9 cm³/mol. The van der Waals surface area contributed by atoms with E-state index >= 15 is 0 Å². The van der Waals surface area contributed by atoms with Crippen molar-refractivity contribution in [3.8, 4) is 0 Å². The van der Waals surface area contributed by atoms with Gasteiger partial charge in [0.05, 0.1) is 5.60 Å². The molecule has 2 aromatic heterocycles. The van der Waals surface area contributed by atoms with Crippen LogP contribution in [0.1, 0.15) is 48.7 Å². The van der Waals surface area contributed by atoms with Crippen LogP contribution in [0.5, 0.6) is 0 Å². The second kappa shape index (κ2) is 5.59. The standard InChI is InChI=1S/C19H25N3O2/c1-3-19(24)8-4-7-14-10-22(11-15(14)19)18(23)16-12-21-9-5-6-13(2)17(21)20-16/h5-6,9,12,14-15,24H,3-4,7-8,10-11H2,1-2H3/t14-,15+,19-/m0/s1. The number of aryl methyl sites for hydroxylation is 1. The maximum absolute atomic E-state index is 12.9. The molecule has 1 aliphatic heterocycles. The van der Waals surface area contributed by atoms with E-state index < -0.39 is 5.60 Å². The molecule has 128 valence electrons. The lowest BCUT2D eigenvalue weighted by molar-refractivity contribution is -0.0609. The summed E-state index contributed by atoms with van der Waals surface area (Å²) < 4.78 is 1.91. The van der Waals surface area contributed by atoms with Gasteiger partial charge in [0.15, 0.2) is 0 Å². The zero-order chi connectivity index (χ0) is 16.9. The van der Waals surface area contributed by atoms with Gasteiger partial charge in [0.25, 0.3) is 5.91 Å². The summed E-state index contributed by atoms with van der Waals surface area (Å²) in [6.07, 6.45) is 7.54. The van der Waals surface area contributed by atoms with E-state index in [2.05, 4.69) is 11.9 Å². The molecule has 0 unspecified atom stereocenters. The second-order valence-electron chi connectivity index (χ2n) is 7.47. The summed E-state index contributed by atoms with van der Waals surface area (Å²) >= 11 is 0. The smallest absolute Gasteiger partial charge is 0.274 e. The summed E-state index contributed by atoms with van der Waals surface area (Å²) in [5, 5.41) is 10.9. The Morgan fingerprint density at radius 2 is 2.29 bits per heavy atom. The first-order chi connectivity index (χ1) is 11.5. The van der Waals surface area contributed by atoms with Crippen LogP contribution in [0.4, 0.5) is 0 Å². The van der Waals surface area contributed by atoms with Gasteiger partial charge in [-0.3, -0.25) is 4.79 Å². The van der Waals surface area contributed by atoms with Crippen molar-refractivity contribution < 1.29 is 9.90 Å². The lowest BCUT2D eigenvalue weighted by Crippen LogP contribution is -2.44. The lowest BCUT2D eigenvalue weighted by atomic mass is 9.69. The quantitative estimate of drug-likeness (QED) is 0.922. The van der Waals surface area contributed by atoms with Crippen molar-refractivity contribution in [3.05, 3.63) is 35.8 Å². The number of aliphatic hydroxyl groups is 1. The van der Waals surface area contributed by atoms with Crippen LogP contribution in [-0.2, 0) is 0 Å². The van der Waals surface area contributed by atoms with Crippen LogP contribution in [0, 0.1) is 18.8 Å². The molecule has 0 aromatic carbocycles. The third-order valence-corrected chi connectivity index (χ3v) is 6.11. The summed E-state index contributed by atoms with van der Waals surface area (Å²) in [7, 11) is 0. The van der Waals surface area contributed by atoms with Crippen LogP contribution >= 0.6 is 0 Å². The largest absolute Gasteiger partial charge is 0.390 e. The van der Waals surface area contributed by atoms with Crippen molar-refractivity contribution >= 4 is 11.6 Å². The molecule has 2 fully saturated rings. The number of carbonyl (C=O) groups excluding carboxylic acids is 1. The topological polar surface area (TPSA) is 57.8 Å². The normalized spacial score (nSPS) is 29.9. The third-order valence-electron chi connectivity index (χ3n) is 6.11. The third kappa shape index (κ3) is 2.34. The van der Waals surface area contributed by atoms with E-state index in [4.69, 9.17) is 0 Å². The van der Waals surface area contributed by atoms with Crippen molar-refractivity contribution in [2.45, 2.75) is 45.1 Å². The number of amides is 1. The minimum absolute atomic E-state index is 0.00838. The van der Waals surface area contributed by atoms with Crippen LogP contribution in [0.2, 0.25) is 0 Å². The van der Waals surface area contributed by atoms with Crippen molar-refractivity contribution in [1.82, 2.24) is 14.3 Å². The molecule has 5 heteroatoms. The van der Waals surface area contributed by atoms with Crippen molar-refractivity contribution in [1.29, 1.82) is 0 Å². The van der Waals surface area contributed by atoms with Crippen molar-refractivity contribution in [2.24, 2.45) is 11.8 Å². The number of pyridine rings is 1. The highest BCUT2D eigenvalue weighted by Crippen LogP contribution is 2.44. The molecule has 5 nitrogen and oxygen atoms in total. The van der Waals surface area contributed by atoms with Gasteiger partial charge in [0, 0.05) is 31.4 Å². The molecule has 2 aliphatic rings. The summed E-state index contributed by atoms with van der Waals surface area (Å²) in [4.78, 5) is 19.4. The molecule has 1 amide bonds. The molecular weight excluding hydrogens is 302 g/mol. The SMILES string of the molecule is CC[C@]1(O)CCC[C@H]2CN(C(=O)c3cn4cccc(C)c4n3)C[C@H]21. The van der Waals surface area contributed by atoms with Crippen LogP contribution in [0.3, 0.4) is 0 Å². The number of imidazole rings is 1. The number of hydrogen-bond donors (Lipinski definition) is 1. The van der Waals surface area contributed by atoms with Crippen molar-refractivity contribution in [3.63, 3.8) is 0 Å². The average Bonchev–Trinajstić information content (AvgIpc) is 3.20. The Morgan fingerprint density at radius 1 is 1.46 bits per heavy atom. The van der Waals surface area contributed by atoms with Gasteiger partial charge in [0.2, 0.25) is 0 Å². The zero-order valence-corrected chi connectivity index (χ0v) is 14.4. The molecule has 2 aromatic rings. The van der Waals surface area contributed by atoms with Gasteiger partial charge in [-0.2, -0.15) is 0 Å². The van der Waals surface area contributed by atoms with Gasteiger partial charge in [-0.05, 0) is 43.7 Å². The summed E-state index contributed by atoms with van der Waals surface area (Å²) in [5.74, 6) is 0.622. The minimum atomic E-state index is -0.604. The fourth-order valence-corrected chi connectivity index (χ4v) is 4.65. The first kappa shape index (κ1) is 15.6. The molecule has 1 N–H and O–H groups in total. The fraction of sp³-hybridized carbons (Fsp3) is 0.579. The molecule has 3 heterocycles. The van der Waals surface area contributed by atoms with Gasteiger partial charge < -0.3 is 14.4 Å². The van der Waals surface area contributed by atoms with E-state index in [1.165, 1.54) is 0 Å². The molecule has 0 radical (unpaired) electrons. The molecule has 0 bridgehead atoms. The molecular formula is C19H25N3O2. The molecule has 0 spiro atoms. The summed E-state index contributed by atoms with van der Waals surface area (Å²) in [6.45, 7) is 5.46. The van der Waals surface area contributed by atoms with Crippen LogP contribution in [-0.4, -0.2) is 44.0 Å². The van der Waals surface area contributed by atoms with E-state index in [1.807, 2.05) is 40.8 Å². The Morgan fingerprint density at radius 3 is 3.04 bits per heavy atom. The molecule has 24 heavy (non-hydrogen) atoms. The maximum Gasteiger partial charge on any atom is 0.274 e. The minimum Gasteiger partial charge on any atom is -0.390 e. The molecule has 1 aliphatic carbocycles. The van der Waals surface area contributed by atoms with Crippen LogP contribution in [0.25, 0.3) is 5.65 Å². The van der Waals surface area contributed by atoms with E-state index in [0.717, 1.165) is 43.4 Å². The van der Waals surface area contributed by atoms with Gasteiger partial charge >= 0.3 is 0 Å². The van der Waals surface area contributed by atoms with Crippen molar-refractivity contribution in [2.75, 3.05) is 13.1 Å². The summed E-state index contributed by atoms with van der Waals surface area (Å²) in [5.41, 5.74) is 1.80. The monoisotopic (exact) mass is 327 g/mol. The summed E-state index contributed by atoms with van der Waals surface area (Å²) in [6, 6.07) is 3.96. The van der Waals surface area contributed by atoms with Gasteiger partial charge in [-0.1, -0.05) is 19.4 Å². The highest BCUT2D eigenvalue weighted by molar-refractivity contribution is 5.93. The van der Waals surface area contributed by atoms with E-state index in [9.17, 15) is 9.90 Å². The molecule has 3 atom stereocenters. The number of likely N-dealkylation sites (tertiary alicyclic amines) is 1. The van der Waals surface area contributed by atoms with Gasteiger partial charge in [-0.15, -0.1) is 0 Å². The van der Waals surface area contributed by atoms with Gasteiger partial charge in [-0.25, -0.2) is 4.98 Å². The number of fused-ring (bicyclic) bond motifs is 2. The number of carbonyl (C=O) groups is 1. The van der Waals surface area contributed by atoms with Crippen LogP contribution in [0.15, 0.2) is 24.5 Å². The Hall–Kier alpha value is -1.88. The fourth-order valence-electron chi connectivity index (χ4n) is 4.65. The van der Waals surface area contributed by atoms with Gasteiger partial charge in [0.1, 0.15) is 11.3 Å². The van der Waals surface area contributed by atoms with Crippen LogP contribution < -0.4 is 0 Å². The number of rotatable bonds is 2. The average molecular weight is 327 g/mol. The highest BCUT2D eigenvalue weighted by Gasteiger charge is 2.48. The Kier molecular flexibility index (Phi) is 3.64.